The highest BCUT2D eigenvalue weighted by Crippen LogP contribution is 2.43. The molecular weight excluding hydrogens is 504 g/mol. The van der Waals surface area contributed by atoms with Gasteiger partial charge in [-0.1, -0.05) is 74.9 Å². The van der Waals surface area contributed by atoms with Crippen LogP contribution < -0.4 is 9.47 Å². The Labute approximate surface area is 239 Å². The molecule has 0 heterocycles. The summed E-state index contributed by atoms with van der Waals surface area (Å²) in [7, 11) is 0. The van der Waals surface area contributed by atoms with Crippen molar-refractivity contribution in [3.8, 4) is 11.5 Å². The fourth-order valence-corrected chi connectivity index (χ4v) is 4.76. The Balaban J connectivity index is 1.86. The molecule has 3 aromatic carbocycles. The Morgan fingerprint density at radius 2 is 1.02 bits per heavy atom. The molecule has 0 N–H and O–H groups in total. The van der Waals surface area contributed by atoms with Gasteiger partial charge in [0.25, 0.3) is 0 Å². The smallest absolute Gasteiger partial charge is 0.306 e. The maximum Gasteiger partial charge on any atom is 0.306 e. The topological polar surface area (TPSA) is 71.1 Å². The molecule has 0 radical (unpaired) electrons. The van der Waals surface area contributed by atoms with Crippen molar-refractivity contribution in [3.63, 3.8) is 0 Å². The van der Waals surface area contributed by atoms with Crippen molar-refractivity contribution < 1.29 is 28.5 Å². The SMILES string of the molecule is CCCCCC(=O)OC(C)COc1c2ccc(C)cc2c(OCC(C)OC(=O)CCCCC)c2ccc(C)cc12. The highest BCUT2D eigenvalue weighted by Gasteiger charge is 2.20. The molecule has 2 atom stereocenters. The van der Waals surface area contributed by atoms with Crippen molar-refractivity contribution in [2.75, 3.05) is 13.2 Å². The minimum Gasteiger partial charge on any atom is -0.488 e. The number of hydrogen-bond donors (Lipinski definition) is 0. The molecule has 0 aliphatic heterocycles. The monoisotopic (exact) mass is 550 g/mol. The van der Waals surface area contributed by atoms with Crippen molar-refractivity contribution in [2.24, 2.45) is 0 Å². The van der Waals surface area contributed by atoms with Gasteiger partial charge in [0, 0.05) is 34.4 Å². The van der Waals surface area contributed by atoms with E-state index < -0.39 is 0 Å². The number of carbonyl (C=O) groups is 2. The standard InChI is InChI=1S/C34H46O6/c1-7-9-11-13-31(35)39-25(5)21-37-33-27-17-15-24(4)20-30(27)34(28-18-16-23(3)19-29(28)33)38-22-26(6)40-32(36)14-12-10-8-2/h15-20,25-26H,7-14,21-22H2,1-6H3. The van der Waals surface area contributed by atoms with Gasteiger partial charge in [-0.05, 0) is 52.7 Å². The summed E-state index contributed by atoms with van der Waals surface area (Å²) < 4.78 is 24.0. The molecule has 0 saturated heterocycles. The lowest BCUT2D eigenvalue weighted by atomic mass is 9.97. The molecule has 6 heteroatoms. The van der Waals surface area contributed by atoms with Gasteiger partial charge >= 0.3 is 11.9 Å². The number of esters is 2. The Bertz CT molecular complexity index is 1180. The summed E-state index contributed by atoms with van der Waals surface area (Å²) in [5.41, 5.74) is 2.19. The third kappa shape index (κ3) is 8.87. The predicted molar refractivity (Wildman–Crippen MR) is 161 cm³/mol. The van der Waals surface area contributed by atoms with E-state index in [0.29, 0.717) is 12.8 Å². The van der Waals surface area contributed by atoms with E-state index in [0.717, 1.165) is 82.7 Å². The molecule has 0 amide bonds. The third-order valence-corrected chi connectivity index (χ3v) is 6.89. The second-order valence-corrected chi connectivity index (χ2v) is 10.9. The molecule has 0 aliphatic carbocycles. The van der Waals surface area contributed by atoms with Crippen LogP contribution in [0.2, 0.25) is 0 Å². The average molecular weight is 551 g/mol. The van der Waals surface area contributed by atoms with E-state index in [9.17, 15) is 9.59 Å². The zero-order valence-electron chi connectivity index (χ0n) is 25.1. The fourth-order valence-electron chi connectivity index (χ4n) is 4.76. The van der Waals surface area contributed by atoms with E-state index in [2.05, 4.69) is 38.1 Å². The molecule has 218 valence electrons. The number of rotatable bonds is 16. The Morgan fingerprint density at radius 1 is 0.625 bits per heavy atom. The quantitative estimate of drug-likeness (QED) is 0.101. The van der Waals surface area contributed by atoms with Gasteiger partial charge in [0.15, 0.2) is 0 Å². The molecule has 2 unspecified atom stereocenters. The minimum atomic E-state index is -0.377. The van der Waals surface area contributed by atoms with Crippen LogP contribution in [-0.2, 0) is 19.1 Å². The molecule has 6 nitrogen and oxygen atoms in total. The highest BCUT2D eigenvalue weighted by molar-refractivity contribution is 6.11. The Hall–Kier alpha value is -3.28. The van der Waals surface area contributed by atoms with Gasteiger partial charge in [-0.2, -0.15) is 0 Å². The van der Waals surface area contributed by atoms with E-state index in [1.54, 1.807) is 0 Å². The van der Waals surface area contributed by atoms with Crippen molar-refractivity contribution in [2.45, 2.75) is 105 Å². The predicted octanol–water partition coefficient (Wildman–Crippen LogP) is 8.39. The number of unbranched alkanes of at least 4 members (excludes halogenated alkanes) is 4. The molecule has 40 heavy (non-hydrogen) atoms. The second-order valence-electron chi connectivity index (χ2n) is 10.9. The fraction of sp³-hybridized carbons (Fsp3) is 0.529. The summed E-state index contributed by atoms with van der Waals surface area (Å²) in [6.07, 6.45) is 5.96. The number of benzene rings is 3. The molecule has 0 fully saturated rings. The van der Waals surface area contributed by atoms with E-state index in [-0.39, 0.29) is 37.4 Å². The number of ether oxygens (including phenoxy) is 4. The van der Waals surface area contributed by atoms with Crippen LogP contribution in [0.15, 0.2) is 36.4 Å². The number of aryl methyl sites for hydroxylation is 2. The van der Waals surface area contributed by atoms with Crippen molar-refractivity contribution in [3.05, 3.63) is 47.5 Å². The van der Waals surface area contributed by atoms with Crippen molar-refractivity contribution in [1.29, 1.82) is 0 Å². The molecule has 0 saturated carbocycles. The lowest BCUT2D eigenvalue weighted by molar-refractivity contribution is -0.150. The first kappa shape index (κ1) is 31.3. The van der Waals surface area contributed by atoms with Gasteiger partial charge in [0.05, 0.1) is 0 Å². The van der Waals surface area contributed by atoms with Crippen LogP contribution in [0, 0.1) is 13.8 Å². The van der Waals surface area contributed by atoms with Gasteiger partial charge in [-0.25, -0.2) is 0 Å². The van der Waals surface area contributed by atoms with Gasteiger partial charge in [-0.3, -0.25) is 9.59 Å². The summed E-state index contributed by atoms with van der Waals surface area (Å²) >= 11 is 0. The van der Waals surface area contributed by atoms with Crippen molar-refractivity contribution >= 4 is 33.5 Å². The highest BCUT2D eigenvalue weighted by atomic mass is 16.6. The van der Waals surface area contributed by atoms with E-state index in [1.807, 2.05) is 39.8 Å². The number of carbonyl (C=O) groups excluding carboxylic acids is 2. The number of hydrogen-bond acceptors (Lipinski definition) is 6. The maximum atomic E-state index is 12.2. The van der Waals surface area contributed by atoms with Gasteiger partial charge < -0.3 is 18.9 Å². The maximum absolute atomic E-state index is 12.2. The van der Waals surface area contributed by atoms with E-state index in [4.69, 9.17) is 18.9 Å². The summed E-state index contributed by atoms with van der Waals surface area (Å²) in [6.45, 7) is 12.5. The first-order chi connectivity index (χ1) is 19.2. The molecule has 0 bridgehead atoms. The molecule has 3 aromatic rings. The van der Waals surface area contributed by atoms with Gasteiger partial charge in [-0.15, -0.1) is 0 Å². The van der Waals surface area contributed by atoms with Crippen LogP contribution in [0.5, 0.6) is 11.5 Å². The Morgan fingerprint density at radius 3 is 1.40 bits per heavy atom. The second kappa shape index (κ2) is 15.5. The Kier molecular flexibility index (Phi) is 12.1. The molecular formula is C34H46O6. The van der Waals surface area contributed by atoms with Crippen LogP contribution >= 0.6 is 0 Å². The van der Waals surface area contributed by atoms with Crippen LogP contribution in [0.3, 0.4) is 0 Å². The zero-order chi connectivity index (χ0) is 29.1. The lowest BCUT2D eigenvalue weighted by Crippen LogP contribution is -2.22. The summed E-state index contributed by atoms with van der Waals surface area (Å²) in [5.74, 6) is 1.11. The molecule has 0 aromatic heterocycles. The largest absolute Gasteiger partial charge is 0.488 e. The lowest BCUT2D eigenvalue weighted by Gasteiger charge is -2.21. The molecule has 3 rings (SSSR count). The van der Waals surface area contributed by atoms with Crippen LogP contribution in [0.25, 0.3) is 21.5 Å². The van der Waals surface area contributed by atoms with Gasteiger partial charge in [0.2, 0.25) is 0 Å². The summed E-state index contributed by atoms with van der Waals surface area (Å²) in [4.78, 5) is 24.5. The summed E-state index contributed by atoms with van der Waals surface area (Å²) in [5, 5.41) is 3.70. The van der Waals surface area contributed by atoms with Crippen molar-refractivity contribution in [1.82, 2.24) is 0 Å². The summed E-state index contributed by atoms with van der Waals surface area (Å²) in [6, 6.07) is 12.4. The van der Waals surface area contributed by atoms with Crippen LogP contribution in [-0.4, -0.2) is 37.4 Å². The first-order valence-electron chi connectivity index (χ1n) is 14.8. The van der Waals surface area contributed by atoms with Crippen LogP contribution in [0.4, 0.5) is 0 Å². The average Bonchev–Trinajstić information content (AvgIpc) is 2.90. The van der Waals surface area contributed by atoms with Gasteiger partial charge in [0.1, 0.15) is 36.9 Å². The molecule has 0 aliphatic rings. The van der Waals surface area contributed by atoms with E-state index >= 15 is 0 Å². The minimum absolute atomic E-state index is 0.185. The normalized spacial score (nSPS) is 12.8. The third-order valence-electron chi connectivity index (χ3n) is 6.89. The zero-order valence-corrected chi connectivity index (χ0v) is 25.1. The van der Waals surface area contributed by atoms with Crippen LogP contribution in [0.1, 0.15) is 90.2 Å². The molecule has 0 spiro atoms. The first-order valence-corrected chi connectivity index (χ1v) is 14.8. The van der Waals surface area contributed by atoms with E-state index in [1.165, 1.54) is 0 Å². The number of fused-ring (bicyclic) bond motifs is 2.